The van der Waals surface area contributed by atoms with Crippen LogP contribution in [0.3, 0.4) is 0 Å². The van der Waals surface area contributed by atoms with Gasteiger partial charge in [-0.3, -0.25) is 24.0 Å². The lowest BCUT2D eigenvalue weighted by Crippen LogP contribution is -2.62. The van der Waals surface area contributed by atoms with Gasteiger partial charge >= 0.3 is 23.9 Å². The second-order valence-electron chi connectivity index (χ2n) is 20.9. The highest BCUT2D eigenvalue weighted by atomic mass is 32.2. The van der Waals surface area contributed by atoms with Crippen LogP contribution in [-0.2, 0) is 47.7 Å². The van der Waals surface area contributed by atoms with Crippen molar-refractivity contribution in [1.29, 1.82) is 0 Å². The van der Waals surface area contributed by atoms with Gasteiger partial charge in [-0.05, 0) is 38.5 Å². The predicted octanol–water partition coefficient (Wildman–Crippen LogP) is 16.5. The van der Waals surface area contributed by atoms with Crippen LogP contribution in [0.5, 0.6) is 0 Å². The van der Waals surface area contributed by atoms with Crippen molar-refractivity contribution >= 4 is 41.4 Å². The van der Waals surface area contributed by atoms with E-state index >= 15 is 0 Å². The van der Waals surface area contributed by atoms with Gasteiger partial charge in [-0.1, -0.05) is 233 Å². The summed E-state index contributed by atoms with van der Waals surface area (Å²) < 4.78 is 31.6. The molecule has 0 aromatic heterocycles. The molecule has 70 heavy (non-hydrogen) atoms. The molecule has 0 aromatic rings. The van der Waals surface area contributed by atoms with E-state index in [1.165, 1.54) is 140 Å². The number of hydrogen-bond acceptors (Lipinski definition) is 11. The van der Waals surface area contributed by atoms with Gasteiger partial charge in [0.2, 0.25) is 0 Å². The standard InChI is InChI=1S/C59H106O10S/c1-5-9-13-17-21-25-29-33-37-44-52(61)65-48-50-56(67-53(62)45-38-34-30-26-22-18-14-10-6-2)57(68-54(63)46-39-35-31-27-23-19-15-11-7-3)58(59(66-50)70-51-43-41-42-49(51)60)69-55(64)47-40-36-32-28-24-20-16-12-8-4/h50-51,56-59H,5-48H2,1-4H3/t50-,51?,56+,57+,58-,59+/m1/s1. The third-order valence-corrected chi connectivity index (χ3v) is 15.8. The molecule has 1 aliphatic heterocycles. The van der Waals surface area contributed by atoms with E-state index in [4.69, 9.17) is 23.7 Å². The number of ketones is 1. The quantitative estimate of drug-likeness (QED) is 0.0328. The van der Waals surface area contributed by atoms with Gasteiger partial charge in [0.25, 0.3) is 0 Å². The minimum atomic E-state index is -1.21. The molecule has 1 saturated heterocycles. The highest BCUT2D eigenvalue weighted by Gasteiger charge is 2.54. The largest absolute Gasteiger partial charge is 0.463 e. The lowest BCUT2D eigenvalue weighted by molar-refractivity contribution is -0.239. The summed E-state index contributed by atoms with van der Waals surface area (Å²) in [5.41, 5.74) is -0.919. The molecule has 2 fully saturated rings. The molecule has 1 aliphatic carbocycles. The van der Waals surface area contributed by atoms with Crippen LogP contribution in [0.1, 0.15) is 304 Å². The summed E-state index contributed by atoms with van der Waals surface area (Å²) >= 11 is 1.29. The molecule has 1 unspecified atom stereocenters. The maximum absolute atomic E-state index is 13.9. The Labute approximate surface area is 432 Å². The molecule has 0 amide bonds. The first-order valence-electron chi connectivity index (χ1n) is 29.8. The molecule has 1 heterocycles. The van der Waals surface area contributed by atoms with Gasteiger partial charge in [0, 0.05) is 32.1 Å². The molecular weight excluding hydrogens is 901 g/mol. The van der Waals surface area contributed by atoms with Gasteiger partial charge in [-0.15, -0.1) is 11.8 Å². The highest BCUT2D eigenvalue weighted by molar-refractivity contribution is 8.01. The Balaban J connectivity index is 2.30. The molecule has 2 rings (SSSR count). The lowest BCUT2D eigenvalue weighted by atomic mass is 9.98. The zero-order valence-electron chi connectivity index (χ0n) is 45.6. The van der Waals surface area contributed by atoms with Gasteiger partial charge in [0.05, 0.1) is 5.25 Å². The van der Waals surface area contributed by atoms with E-state index in [2.05, 4.69) is 27.7 Å². The van der Waals surface area contributed by atoms with Crippen LogP contribution >= 0.6 is 11.8 Å². The number of thioether (sulfide) groups is 1. The Morgan fingerprint density at radius 2 is 0.743 bits per heavy atom. The molecule has 6 atom stereocenters. The van der Waals surface area contributed by atoms with Crippen molar-refractivity contribution in [2.24, 2.45) is 0 Å². The van der Waals surface area contributed by atoms with Gasteiger partial charge in [-0.25, -0.2) is 0 Å². The summed E-state index contributed by atoms with van der Waals surface area (Å²) in [5.74, 6) is -1.62. The van der Waals surface area contributed by atoms with Crippen LogP contribution in [0.4, 0.5) is 0 Å². The zero-order chi connectivity index (χ0) is 50.7. The third kappa shape index (κ3) is 32.1. The van der Waals surface area contributed by atoms with Crippen LogP contribution in [0.2, 0.25) is 0 Å². The van der Waals surface area contributed by atoms with Crippen molar-refractivity contribution in [3.8, 4) is 0 Å². The predicted molar refractivity (Wildman–Crippen MR) is 287 cm³/mol. The Bertz CT molecular complexity index is 1330. The molecule has 408 valence electrons. The first-order valence-corrected chi connectivity index (χ1v) is 30.8. The average Bonchev–Trinajstić information content (AvgIpc) is 3.76. The Morgan fingerprint density at radius 3 is 1.09 bits per heavy atom. The minimum absolute atomic E-state index is 0.103. The molecule has 2 aliphatic rings. The SMILES string of the molecule is CCCCCCCCCCCC(=O)OC[C@H]1O[C@@H](SC2CCCC2=O)[C@H](OC(=O)CCCCCCCCCCC)[C@@H](OC(=O)CCCCCCCCCCC)[C@H]1OC(=O)CCCCCCCCCCC. The average molecular weight is 1010 g/mol. The van der Waals surface area contributed by atoms with Crippen LogP contribution in [-0.4, -0.2) is 71.4 Å². The first kappa shape index (κ1) is 64.0. The molecular formula is C59H106O10S. The zero-order valence-corrected chi connectivity index (χ0v) is 46.4. The van der Waals surface area contributed by atoms with E-state index in [1.807, 2.05) is 0 Å². The van der Waals surface area contributed by atoms with Crippen molar-refractivity contribution in [1.82, 2.24) is 0 Å². The van der Waals surface area contributed by atoms with Crippen molar-refractivity contribution in [2.45, 2.75) is 339 Å². The fraction of sp³-hybridized carbons (Fsp3) is 0.915. The normalized spacial score (nSPS) is 20.1. The first-order chi connectivity index (χ1) is 34.2. The molecule has 1 saturated carbocycles. The molecule has 10 nitrogen and oxygen atoms in total. The van der Waals surface area contributed by atoms with E-state index in [1.54, 1.807) is 0 Å². The van der Waals surface area contributed by atoms with Gasteiger partial charge in [0.15, 0.2) is 18.3 Å². The summed E-state index contributed by atoms with van der Waals surface area (Å²) in [7, 11) is 0. The lowest BCUT2D eigenvalue weighted by Gasteiger charge is -2.45. The van der Waals surface area contributed by atoms with Crippen LogP contribution in [0.25, 0.3) is 0 Å². The molecule has 0 bridgehead atoms. The van der Waals surface area contributed by atoms with Crippen molar-refractivity contribution < 1.29 is 47.7 Å². The number of carbonyl (C=O) groups excluding carboxylic acids is 5. The number of hydrogen-bond donors (Lipinski definition) is 0. The molecule has 0 spiro atoms. The van der Waals surface area contributed by atoms with Crippen molar-refractivity contribution in [3.63, 3.8) is 0 Å². The molecule has 0 N–H and O–H groups in total. The van der Waals surface area contributed by atoms with E-state index in [0.29, 0.717) is 32.1 Å². The van der Waals surface area contributed by atoms with Gasteiger partial charge in [-0.2, -0.15) is 0 Å². The fourth-order valence-electron chi connectivity index (χ4n) is 9.81. The van der Waals surface area contributed by atoms with E-state index in [0.717, 1.165) is 89.9 Å². The molecule has 0 radical (unpaired) electrons. The summed E-state index contributed by atoms with van der Waals surface area (Å²) in [6.07, 6.45) is 38.0. The summed E-state index contributed by atoms with van der Waals surface area (Å²) in [6, 6.07) is 0. The number of carbonyl (C=O) groups is 5. The summed E-state index contributed by atoms with van der Waals surface area (Å²) in [6.45, 7) is 8.66. The second-order valence-corrected chi connectivity index (χ2v) is 22.2. The molecule has 11 heteroatoms. The Kier molecular flexibility index (Phi) is 40.5. The maximum Gasteiger partial charge on any atom is 0.306 e. The fourth-order valence-corrected chi connectivity index (χ4v) is 11.3. The monoisotopic (exact) mass is 1010 g/mol. The van der Waals surface area contributed by atoms with Crippen molar-refractivity contribution in [3.05, 3.63) is 0 Å². The van der Waals surface area contributed by atoms with E-state index < -0.39 is 47.8 Å². The van der Waals surface area contributed by atoms with E-state index in [-0.39, 0.29) is 49.3 Å². The third-order valence-electron chi connectivity index (χ3n) is 14.3. The smallest absolute Gasteiger partial charge is 0.306 e. The van der Waals surface area contributed by atoms with Crippen molar-refractivity contribution in [2.75, 3.05) is 6.61 Å². The number of ether oxygens (including phenoxy) is 5. The van der Waals surface area contributed by atoms with E-state index in [9.17, 15) is 24.0 Å². The Morgan fingerprint density at radius 1 is 0.429 bits per heavy atom. The summed E-state index contributed by atoms with van der Waals surface area (Å²) in [4.78, 5) is 68.0. The number of esters is 4. The number of unbranched alkanes of at least 4 members (excludes halogenated alkanes) is 32. The number of rotatable bonds is 47. The van der Waals surface area contributed by atoms with Gasteiger partial charge in [0.1, 0.15) is 23.9 Å². The van der Waals surface area contributed by atoms with Gasteiger partial charge < -0.3 is 23.7 Å². The topological polar surface area (TPSA) is 132 Å². The Hall–Kier alpha value is -2.14. The maximum atomic E-state index is 13.9. The van der Waals surface area contributed by atoms with Crippen LogP contribution in [0, 0.1) is 0 Å². The number of Topliss-reactive ketones (excluding diaryl/α,β-unsaturated/α-hetero) is 1. The summed E-state index contributed by atoms with van der Waals surface area (Å²) in [5, 5.41) is -0.387. The van der Waals surface area contributed by atoms with Crippen LogP contribution in [0.15, 0.2) is 0 Å². The highest BCUT2D eigenvalue weighted by Crippen LogP contribution is 2.40. The van der Waals surface area contributed by atoms with Crippen LogP contribution < -0.4 is 0 Å². The second kappa shape index (κ2) is 44.4. The molecule has 0 aromatic carbocycles. The minimum Gasteiger partial charge on any atom is -0.463 e.